The fraction of sp³-hybridized carbons (Fsp3) is 0.188. The maximum absolute atomic E-state index is 11.8. The van der Waals surface area contributed by atoms with Gasteiger partial charge in [-0.2, -0.15) is 0 Å². The van der Waals surface area contributed by atoms with Crippen LogP contribution in [0.5, 0.6) is 0 Å². The van der Waals surface area contributed by atoms with Crippen molar-refractivity contribution in [1.82, 2.24) is 0 Å². The zero-order valence-electron chi connectivity index (χ0n) is 11.3. The number of nitrogens with zero attached hydrogens (tertiary/aromatic N) is 1. The van der Waals surface area contributed by atoms with E-state index in [1.807, 2.05) is 49.4 Å². The lowest BCUT2D eigenvalue weighted by atomic mass is 10.1. The summed E-state index contributed by atoms with van der Waals surface area (Å²) < 4.78 is 0. The number of aryl methyl sites for hydroxylation is 1. The average molecular weight is 254 g/mol. The summed E-state index contributed by atoms with van der Waals surface area (Å²) in [5.74, 6) is 0.00658. The fourth-order valence-corrected chi connectivity index (χ4v) is 2.07. The molecule has 0 atom stereocenters. The van der Waals surface area contributed by atoms with Crippen molar-refractivity contribution in [3.05, 3.63) is 59.7 Å². The van der Waals surface area contributed by atoms with Crippen LogP contribution in [0.3, 0.4) is 0 Å². The summed E-state index contributed by atoms with van der Waals surface area (Å²) in [5.41, 5.74) is 9.56. The number of anilines is 2. The van der Waals surface area contributed by atoms with Crippen LogP contribution in [0.2, 0.25) is 0 Å². The second-order valence-corrected chi connectivity index (χ2v) is 4.69. The predicted molar refractivity (Wildman–Crippen MR) is 78.9 cm³/mol. The van der Waals surface area contributed by atoms with Gasteiger partial charge in [-0.25, -0.2) is 0 Å². The van der Waals surface area contributed by atoms with Crippen LogP contribution in [-0.4, -0.2) is 5.91 Å². The topological polar surface area (TPSA) is 46.3 Å². The van der Waals surface area contributed by atoms with E-state index in [1.165, 1.54) is 5.56 Å². The highest BCUT2D eigenvalue weighted by Gasteiger charge is 2.12. The van der Waals surface area contributed by atoms with Crippen molar-refractivity contribution in [1.29, 1.82) is 0 Å². The van der Waals surface area contributed by atoms with Crippen LogP contribution in [0, 0.1) is 6.92 Å². The molecule has 0 saturated carbocycles. The molecule has 2 aromatic rings. The van der Waals surface area contributed by atoms with Crippen LogP contribution >= 0.6 is 0 Å². The number of hydrogen-bond acceptors (Lipinski definition) is 2. The van der Waals surface area contributed by atoms with Gasteiger partial charge in [0.15, 0.2) is 0 Å². The molecule has 0 aliphatic carbocycles. The van der Waals surface area contributed by atoms with Gasteiger partial charge in [0.1, 0.15) is 0 Å². The van der Waals surface area contributed by atoms with Crippen LogP contribution in [0.15, 0.2) is 48.5 Å². The highest BCUT2D eigenvalue weighted by molar-refractivity contribution is 5.91. The predicted octanol–water partition coefficient (Wildman–Crippen LogP) is 3.13. The minimum atomic E-state index is 0.00658. The summed E-state index contributed by atoms with van der Waals surface area (Å²) in [6.45, 7) is 4.17. The van der Waals surface area contributed by atoms with Crippen molar-refractivity contribution < 1.29 is 4.79 Å². The Morgan fingerprint density at radius 1 is 1.16 bits per heavy atom. The monoisotopic (exact) mass is 254 g/mol. The molecule has 0 spiro atoms. The molecule has 2 N–H and O–H groups in total. The number of carbonyl (C=O) groups is 1. The molecule has 19 heavy (non-hydrogen) atoms. The Hall–Kier alpha value is -2.29. The van der Waals surface area contributed by atoms with Gasteiger partial charge in [-0.05, 0) is 30.7 Å². The molecule has 0 saturated heterocycles. The van der Waals surface area contributed by atoms with E-state index in [2.05, 4.69) is 6.07 Å². The second-order valence-electron chi connectivity index (χ2n) is 4.69. The quantitative estimate of drug-likeness (QED) is 0.855. The van der Waals surface area contributed by atoms with Crippen molar-refractivity contribution in [3.8, 4) is 0 Å². The maximum atomic E-state index is 11.8. The highest BCUT2D eigenvalue weighted by Crippen LogP contribution is 2.20. The zero-order chi connectivity index (χ0) is 13.8. The molecule has 0 unspecified atom stereocenters. The van der Waals surface area contributed by atoms with E-state index in [4.69, 9.17) is 5.73 Å². The van der Waals surface area contributed by atoms with Gasteiger partial charge in [0, 0.05) is 18.3 Å². The molecular formula is C16H18N2O. The highest BCUT2D eigenvalue weighted by atomic mass is 16.2. The molecule has 2 aromatic carbocycles. The largest absolute Gasteiger partial charge is 0.399 e. The Labute approximate surface area is 113 Å². The summed E-state index contributed by atoms with van der Waals surface area (Å²) >= 11 is 0. The summed E-state index contributed by atoms with van der Waals surface area (Å²) in [7, 11) is 0. The van der Waals surface area contributed by atoms with Gasteiger partial charge in [0.25, 0.3) is 0 Å². The summed E-state index contributed by atoms with van der Waals surface area (Å²) in [5, 5.41) is 0. The fourth-order valence-electron chi connectivity index (χ4n) is 2.07. The molecule has 0 aromatic heterocycles. The number of nitrogens with two attached hydrogens (primary N) is 1. The second kappa shape index (κ2) is 5.57. The van der Waals surface area contributed by atoms with Crippen molar-refractivity contribution in [2.24, 2.45) is 0 Å². The van der Waals surface area contributed by atoms with Crippen LogP contribution in [-0.2, 0) is 11.3 Å². The zero-order valence-corrected chi connectivity index (χ0v) is 11.3. The van der Waals surface area contributed by atoms with Crippen molar-refractivity contribution in [3.63, 3.8) is 0 Å². The molecule has 0 fully saturated rings. The normalized spacial score (nSPS) is 10.2. The molecule has 0 bridgehead atoms. The van der Waals surface area contributed by atoms with E-state index < -0.39 is 0 Å². The van der Waals surface area contributed by atoms with Gasteiger partial charge >= 0.3 is 0 Å². The maximum Gasteiger partial charge on any atom is 0.224 e. The lowest BCUT2D eigenvalue weighted by Gasteiger charge is -2.22. The first-order chi connectivity index (χ1) is 9.06. The Balaban J connectivity index is 2.29. The molecule has 3 heteroatoms. The molecule has 0 aliphatic rings. The van der Waals surface area contributed by atoms with Gasteiger partial charge in [-0.1, -0.05) is 35.9 Å². The van der Waals surface area contributed by atoms with Crippen LogP contribution in [0.25, 0.3) is 0 Å². The van der Waals surface area contributed by atoms with Gasteiger partial charge < -0.3 is 10.6 Å². The van der Waals surface area contributed by atoms with Crippen molar-refractivity contribution >= 4 is 17.3 Å². The summed E-state index contributed by atoms with van der Waals surface area (Å²) in [6, 6.07) is 15.5. The molecule has 3 nitrogen and oxygen atoms in total. The Morgan fingerprint density at radius 3 is 2.53 bits per heavy atom. The van der Waals surface area contributed by atoms with E-state index >= 15 is 0 Å². The first kappa shape index (κ1) is 13.1. The minimum Gasteiger partial charge on any atom is -0.399 e. The number of amides is 1. The number of rotatable bonds is 3. The third-order valence-corrected chi connectivity index (χ3v) is 2.99. The molecule has 98 valence electrons. The van der Waals surface area contributed by atoms with Crippen LogP contribution in [0.1, 0.15) is 18.1 Å². The van der Waals surface area contributed by atoms with Gasteiger partial charge in [0.05, 0.1) is 6.54 Å². The van der Waals surface area contributed by atoms with Gasteiger partial charge in [-0.15, -0.1) is 0 Å². The smallest absolute Gasteiger partial charge is 0.224 e. The summed E-state index contributed by atoms with van der Waals surface area (Å²) in [4.78, 5) is 13.6. The lowest BCUT2D eigenvalue weighted by Crippen LogP contribution is -2.27. The van der Waals surface area contributed by atoms with E-state index in [0.29, 0.717) is 12.2 Å². The first-order valence-corrected chi connectivity index (χ1v) is 6.25. The molecule has 0 aliphatic heterocycles. The van der Waals surface area contributed by atoms with Gasteiger partial charge in [0.2, 0.25) is 5.91 Å². The number of benzene rings is 2. The molecule has 1 amide bonds. The van der Waals surface area contributed by atoms with E-state index in [0.717, 1.165) is 11.3 Å². The Kier molecular flexibility index (Phi) is 3.85. The SMILES string of the molecule is CC(=O)N(Cc1cccc(C)c1)c1cccc(N)c1. The molecule has 0 radical (unpaired) electrons. The van der Waals surface area contributed by atoms with E-state index in [1.54, 1.807) is 11.8 Å². The molecule has 0 heterocycles. The molecular weight excluding hydrogens is 236 g/mol. The first-order valence-electron chi connectivity index (χ1n) is 6.25. The van der Waals surface area contributed by atoms with Crippen LogP contribution in [0.4, 0.5) is 11.4 Å². The third-order valence-electron chi connectivity index (χ3n) is 2.99. The van der Waals surface area contributed by atoms with Crippen molar-refractivity contribution in [2.45, 2.75) is 20.4 Å². The Bertz CT molecular complexity index is 593. The van der Waals surface area contributed by atoms with Crippen molar-refractivity contribution in [2.75, 3.05) is 10.6 Å². The third kappa shape index (κ3) is 3.35. The van der Waals surface area contributed by atoms with E-state index in [-0.39, 0.29) is 5.91 Å². The van der Waals surface area contributed by atoms with Crippen LogP contribution < -0.4 is 10.6 Å². The Morgan fingerprint density at radius 2 is 1.89 bits per heavy atom. The number of hydrogen-bond donors (Lipinski definition) is 1. The van der Waals surface area contributed by atoms with E-state index in [9.17, 15) is 4.79 Å². The number of carbonyl (C=O) groups excluding carboxylic acids is 1. The standard InChI is InChI=1S/C16H18N2O/c1-12-5-3-6-14(9-12)11-18(13(2)19)16-8-4-7-15(17)10-16/h3-10H,11,17H2,1-2H3. The lowest BCUT2D eigenvalue weighted by molar-refractivity contribution is -0.116. The number of nitrogen functional groups attached to an aromatic ring is 1. The summed E-state index contributed by atoms with van der Waals surface area (Å²) in [6.07, 6.45) is 0. The average Bonchev–Trinajstić information content (AvgIpc) is 2.35. The minimum absolute atomic E-state index is 0.00658. The van der Waals surface area contributed by atoms with Gasteiger partial charge in [-0.3, -0.25) is 4.79 Å². The molecule has 2 rings (SSSR count).